The summed E-state index contributed by atoms with van der Waals surface area (Å²) in [4.78, 5) is 23.5. The van der Waals surface area contributed by atoms with E-state index in [1.54, 1.807) is 39.2 Å². The van der Waals surface area contributed by atoms with Gasteiger partial charge in [0, 0.05) is 12.8 Å². The third-order valence-corrected chi connectivity index (χ3v) is 2.67. The van der Waals surface area contributed by atoms with Crippen molar-refractivity contribution in [2.75, 3.05) is 7.11 Å². The van der Waals surface area contributed by atoms with Crippen molar-refractivity contribution in [3.63, 3.8) is 0 Å². The predicted molar refractivity (Wildman–Crippen MR) is 71.6 cm³/mol. The van der Waals surface area contributed by atoms with Crippen LogP contribution < -0.4 is 4.74 Å². The first-order chi connectivity index (χ1) is 8.62. The van der Waals surface area contributed by atoms with Crippen LogP contribution in [-0.4, -0.2) is 18.7 Å². The highest BCUT2D eigenvalue weighted by Gasteiger charge is 2.14. The van der Waals surface area contributed by atoms with Crippen molar-refractivity contribution in [3.8, 4) is 5.75 Å². The zero-order valence-electron chi connectivity index (χ0n) is 11.0. The molecule has 0 saturated carbocycles. The molecule has 0 aromatic heterocycles. The van der Waals surface area contributed by atoms with Gasteiger partial charge in [-0.3, -0.25) is 9.59 Å². The zero-order valence-corrected chi connectivity index (χ0v) is 11.0. The fraction of sp³-hybridized carbons (Fsp3) is 0.333. The predicted octanol–water partition coefficient (Wildman–Crippen LogP) is 3.04. The molecule has 18 heavy (non-hydrogen) atoms. The Balaban J connectivity index is 3.06. The first-order valence-electron chi connectivity index (χ1n) is 6.04. The van der Waals surface area contributed by atoms with Crippen LogP contribution in [-0.2, 0) is 9.59 Å². The van der Waals surface area contributed by atoms with Gasteiger partial charge in [0.05, 0.1) is 12.7 Å². The number of ketones is 2. The first-order valence-corrected chi connectivity index (χ1v) is 6.04. The Morgan fingerprint density at radius 3 is 1.94 bits per heavy atom. The van der Waals surface area contributed by atoms with Crippen LogP contribution in [0, 0.1) is 0 Å². The van der Waals surface area contributed by atoms with Crippen molar-refractivity contribution in [1.29, 1.82) is 0 Å². The smallest absolute Gasteiger partial charge is 0.166 e. The minimum atomic E-state index is -0.113. The summed E-state index contributed by atoms with van der Waals surface area (Å²) < 4.78 is 5.06. The fourth-order valence-electron chi connectivity index (χ4n) is 1.56. The van der Waals surface area contributed by atoms with Crippen molar-refractivity contribution >= 4 is 17.6 Å². The highest BCUT2D eigenvalue weighted by Crippen LogP contribution is 2.16. The summed E-state index contributed by atoms with van der Waals surface area (Å²) >= 11 is 0. The molecule has 0 aliphatic heterocycles. The second kappa shape index (κ2) is 6.74. The van der Waals surface area contributed by atoms with Gasteiger partial charge in [-0.15, -0.1) is 0 Å². The van der Waals surface area contributed by atoms with Crippen LogP contribution in [0.1, 0.15) is 32.3 Å². The molecule has 96 valence electrons. The highest BCUT2D eigenvalue weighted by atomic mass is 16.5. The molecule has 3 heteroatoms. The van der Waals surface area contributed by atoms with Crippen LogP contribution >= 0.6 is 0 Å². The van der Waals surface area contributed by atoms with E-state index in [0.717, 1.165) is 11.3 Å². The second-order valence-electron chi connectivity index (χ2n) is 3.88. The number of rotatable bonds is 6. The average Bonchev–Trinajstić information content (AvgIpc) is 2.43. The Morgan fingerprint density at radius 1 is 1.06 bits per heavy atom. The van der Waals surface area contributed by atoms with Gasteiger partial charge in [-0.1, -0.05) is 26.0 Å². The van der Waals surface area contributed by atoms with Gasteiger partial charge in [-0.25, -0.2) is 0 Å². The molecule has 0 spiro atoms. The van der Waals surface area contributed by atoms with E-state index < -0.39 is 0 Å². The maximum absolute atomic E-state index is 11.7. The van der Waals surface area contributed by atoms with Crippen LogP contribution in [0.3, 0.4) is 0 Å². The number of Topliss-reactive ketones (excluding diaryl/α,β-unsaturated/α-hetero) is 2. The maximum atomic E-state index is 11.7. The lowest BCUT2D eigenvalue weighted by Crippen LogP contribution is -2.10. The Morgan fingerprint density at radius 2 is 1.56 bits per heavy atom. The molecular formula is C15H18O3. The lowest BCUT2D eigenvalue weighted by molar-refractivity contribution is -0.121. The third-order valence-electron chi connectivity index (χ3n) is 2.67. The number of carbonyl (C=O) groups excluding carboxylic acids is 2. The zero-order chi connectivity index (χ0) is 13.5. The van der Waals surface area contributed by atoms with Crippen molar-refractivity contribution in [1.82, 2.24) is 0 Å². The molecule has 0 fully saturated rings. The van der Waals surface area contributed by atoms with Gasteiger partial charge in [0.15, 0.2) is 11.6 Å². The molecule has 0 bridgehead atoms. The molecule has 1 aromatic carbocycles. The van der Waals surface area contributed by atoms with Crippen molar-refractivity contribution < 1.29 is 14.3 Å². The van der Waals surface area contributed by atoms with E-state index >= 15 is 0 Å². The molecule has 0 amide bonds. The number of benzene rings is 1. The molecule has 0 radical (unpaired) electrons. The van der Waals surface area contributed by atoms with Gasteiger partial charge in [0.2, 0.25) is 0 Å². The van der Waals surface area contributed by atoms with Gasteiger partial charge in [0.25, 0.3) is 0 Å². The number of methoxy groups -OCH3 is 1. The Labute approximate surface area is 107 Å². The number of hydrogen-bond acceptors (Lipinski definition) is 3. The largest absolute Gasteiger partial charge is 0.497 e. The third kappa shape index (κ3) is 3.55. The lowest BCUT2D eigenvalue weighted by atomic mass is 10.00. The van der Waals surface area contributed by atoms with Crippen LogP contribution in [0.2, 0.25) is 0 Å². The van der Waals surface area contributed by atoms with Crippen molar-refractivity contribution in [2.45, 2.75) is 26.7 Å². The summed E-state index contributed by atoms with van der Waals surface area (Å²) in [5, 5.41) is 0. The molecule has 0 aliphatic rings. The first kappa shape index (κ1) is 14.2. The van der Waals surface area contributed by atoms with Gasteiger partial charge in [-0.2, -0.15) is 0 Å². The summed E-state index contributed by atoms with van der Waals surface area (Å²) in [5.74, 6) is 0.521. The summed E-state index contributed by atoms with van der Waals surface area (Å²) in [6.45, 7) is 3.51. The molecule has 1 aromatic rings. The summed E-state index contributed by atoms with van der Waals surface area (Å²) in [5.41, 5.74) is 1.11. The van der Waals surface area contributed by atoms with Gasteiger partial charge >= 0.3 is 0 Å². The molecule has 0 heterocycles. The van der Waals surface area contributed by atoms with E-state index in [1.807, 2.05) is 12.1 Å². The minimum absolute atomic E-state index is 0.113. The lowest BCUT2D eigenvalue weighted by Gasteiger charge is -2.04. The van der Waals surface area contributed by atoms with Crippen molar-refractivity contribution in [2.24, 2.45) is 0 Å². The topological polar surface area (TPSA) is 43.4 Å². The van der Waals surface area contributed by atoms with E-state index in [0.29, 0.717) is 12.8 Å². The highest BCUT2D eigenvalue weighted by molar-refractivity contribution is 6.23. The minimum Gasteiger partial charge on any atom is -0.497 e. The van der Waals surface area contributed by atoms with Crippen LogP contribution in [0.5, 0.6) is 5.75 Å². The molecule has 0 N–H and O–H groups in total. The SMILES string of the molecule is CCC(=O)C(=Cc1ccc(OC)cc1)C(=O)CC. The number of hydrogen-bond donors (Lipinski definition) is 0. The molecule has 0 unspecified atom stereocenters. The number of allylic oxidation sites excluding steroid dienone is 1. The average molecular weight is 246 g/mol. The number of ether oxygens (including phenoxy) is 1. The Kier molecular flexibility index (Phi) is 5.31. The maximum Gasteiger partial charge on any atom is 0.166 e. The Hall–Kier alpha value is -1.90. The standard InChI is InChI=1S/C15H18O3/c1-4-14(16)13(15(17)5-2)10-11-6-8-12(18-3)9-7-11/h6-10H,4-5H2,1-3H3. The van der Waals surface area contributed by atoms with Crippen LogP contribution in [0.4, 0.5) is 0 Å². The van der Waals surface area contributed by atoms with Crippen molar-refractivity contribution in [3.05, 3.63) is 35.4 Å². The molecule has 3 nitrogen and oxygen atoms in total. The van der Waals surface area contributed by atoms with Crippen LogP contribution in [0.25, 0.3) is 6.08 Å². The molecule has 0 saturated heterocycles. The van der Waals surface area contributed by atoms with E-state index in [4.69, 9.17) is 4.74 Å². The van der Waals surface area contributed by atoms with Gasteiger partial charge in [0.1, 0.15) is 5.75 Å². The quantitative estimate of drug-likeness (QED) is 0.440. The summed E-state index contributed by atoms with van der Waals surface area (Å²) in [6, 6.07) is 7.25. The monoisotopic (exact) mass is 246 g/mol. The van der Waals surface area contributed by atoms with E-state index in [2.05, 4.69) is 0 Å². The normalized spacial score (nSPS) is 9.72. The number of carbonyl (C=O) groups is 2. The van der Waals surface area contributed by atoms with Crippen LogP contribution in [0.15, 0.2) is 29.8 Å². The summed E-state index contributed by atoms with van der Waals surface area (Å²) in [7, 11) is 1.59. The molecule has 1 rings (SSSR count). The van der Waals surface area contributed by atoms with Gasteiger partial charge in [-0.05, 0) is 23.8 Å². The van der Waals surface area contributed by atoms with E-state index in [-0.39, 0.29) is 17.1 Å². The fourth-order valence-corrected chi connectivity index (χ4v) is 1.56. The molecule has 0 atom stereocenters. The second-order valence-corrected chi connectivity index (χ2v) is 3.88. The molecular weight excluding hydrogens is 228 g/mol. The molecule has 0 aliphatic carbocycles. The van der Waals surface area contributed by atoms with E-state index in [9.17, 15) is 9.59 Å². The Bertz CT molecular complexity index is 437. The summed E-state index contributed by atoms with van der Waals surface area (Å²) in [6.07, 6.45) is 2.33. The van der Waals surface area contributed by atoms with Gasteiger partial charge < -0.3 is 4.74 Å². The van der Waals surface area contributed by atoms with E-state index in [1.165, 1.54) is 0 Å².